The minimum absolute atomic E-state index is 0.0225. The maximum atomic E-state index is 11.4. The first-order chi connectivity index (χ1) is 8.99. The molecule has 1 fully saturated rings. The van der Waals surface area contributed by atoms with E-state index >= 15 is 0 Å². The minimum Gasteiger partial charge on any atom is -0.486 e. The number of ether oxygens (including phenoxy) is 1. The molecule has 0 saturated carbocycles. The summed E-state index contributed by atoms with van der Waals surface area (Å²) in [5, 5.41) is 0.458. The molecule has 19 heavy (non-hydrogen) atoms. The predicted octanol–water partition coefficient (Wildman–Crippen LogP) is 1.63. The lowest BCUT2D eigenvalue weighted by Crippen LogP contribution is -2.47. The van der Waals surface area contributed by atoms with E-state index in [1.165, 1.54) is 4.90 Å². The van der Waals surface area contributed by atoms with Crippen molar-refractivity contribution in [1.29, 1.82) is 0 Å². The van der Waals surface area contributed by atoms with Crippen LogP contribution in [0.3, 0.4) is 0 Å². The van der Waals surface area contributed by atoms with Crippen LogP contribution in [-0.2, 0) is 0 Å². The fourth-order valence-corrected chi connectivity index (χ4v) is 3.04. The summed E-state index contributed by atoms with van der Waals surface area (Å²) in [5.41, 5.74) is 7.40. The van der Waals surface area contributed by atoms with Gasteiger partial charge < -0.3 is 15.4 Å². The van der Waals surface area contributed by atoms with Crippen LogP contribution in [0, 0.1) is 6.92 Å². The Morgan fingerprint density at radius 1 is 1.53 bits per heavy atom. The molecule has 1 aromatic rings. The van der Waals surface area contributed by atoms with Gasteiger partial charge in [-0.05, 0) is 43.8 Å². The Labute approximate surface area is 116 Å². The fraction of sp³-hybridized carbons (Fsp3) is 0.385. The van der Waals surface area contributed by atoms with Gasteiger partial charge in [-0.1, -0.05) is 6.07 Å². The van der Waals surface area contributed by atoms with Crippen molar-refractivity contribution in [1.82, 2.24) is 4.90 Å². The molecule has 100 valence electrons. The first-order valence-corrected chi connectivity index (χ1v) is 6.57. The second-order valence-corrected chi connectivity index (χ2v) is 5.33. The summed E-state index contributed by atoms with van der Waals surface area (Å²) in [6, 6.07) is 5.46. The molecule has 0 aromatic heterocycles. The van der Waals surface area contributed by atoms with E-state index in [2.05, 4.69) is 0 Å². The third-order valence-electron chi connectivity index (χ3n) is 3.63. The van der Waals surface area contributed by atoms with Crippen molar-refractivity contribution < 1.29 is 9.53 Å². The topological polar surface area (TPSA) is 58.8 Å². The van der Waals surface area contributed by atoms with E-state index in [4.69, 9.17) is 22.7 Å². The summed E-state index contributed by atoms with van der Waals surface area (Å²) in [6.45, 7) is 4.47. The van der Waals surface area contributed by atoms with Gasteiger partial charge in [0.25, 0.3) is 0 Å². The number of amides is 2. The molecule has 0 aliphatic carbocycles. The molecule has 2 heterocycles. The molecule has 2 N–H and O–H groups in total. The molecule has 2 aliphatic rings. The number of urea groups is 1. The first-order valence-electron chi connectivity index (χ1n) is 6.16. The Bertz CT molecular complexity index is 575. The highest BCUT2D eigenvalue weighted by molar-refractivity contribution is 7.80. The number of carbonyl (C=O) groups is 1. The Hall–Kier alpha value is -1.82. The quantitative estimate of drug-likeness (QED) is 0.732. The molecule has 5 nitrogen and oxygen atoms in total. The van der Waals surface area contributed by atoms with Gasteiger partial charge in [-0.3, -0.25) is 4.90 Å². The van der Waals surface area contributed by atoms with Gasteiger partial charge in [0, 0.05) is 0 Å². The summed E-state index contributed by atoms with van der Waals surface area (Å²) in [7, 11) is 0. The summed E-state index contributed by atoms with van der Waals surface area (Å²) in [5.74, 6) is 0.794. The number of anilines is 1. The van der Waals surface area contributed by atoms with Crippen LogP contribution in [0.2, 0.25) is 0 Å². The molecule has 2 amide bonds. The van der Waals surface area contributed by atoms with Crippen molar-refractivity contribution >= 4 is 29.0 Å². The number of benzene rings is 1. The number of aryl methyl sites for hydroxylation is 1. The Morgan fingerprint density at radius 3 is 2.95 bits per heavy atom. The number of hydrogen-bond donors (Lipinski definition) is 1. The molecule has 3 rings (SSSR count). The van der Waals surface area contributed by atoms with Crippen LogP contribution >= 0.6 is 12.2 Å². The van der Waals surface area contributed by atoms with E-state index in [9.17, 15) is 4.79 Å². The summed E-state index contributed by atoms with van der Waals surface area (Å²) in [6.07, 6.45) is -0.0440. The third-order valence-corrected chi connectivity index (χ3v) is 4.05. The van der Waals surface area contributed by atoms with E-state index in [1.807, 2.05) is 36.9 Å². The number of thiocarbonyl (C=S) groups is 1. The minimum atomic E-state index is -0.513. The highest BCUT2D eigenvalue weighted by Gasteiger charge is 2.45. The molecule has 2 atom stereocenters. The third kappa shape index (κ3) is 1.74. The van der Waals surface area contributed by atoms with Gasteiger partial charge in [0.15, 0.2) is 5.11 Å². The van der Waals surface area contributed by atoms with Gasteiger partial charge in [0.1, 0.15) is 11.9 Å². The highest BCUT2D eigenvalue weighted by atomic mass is 32.1. The number of nitrogens with zero attached hydrogens (tertiary/aromatic N) is 2. The van der Waals surface area contributed by atoms with Crippen LogP contribution in [0.4, 0.5) is 10.5 Å². The van der Waals surface area contributed by atoms with E-state index in [0.29, 0.717) is 11.7 Å². The molecule has 2 unspecified atom stereocenters. The summed E-state index contributed by atoms with van der Waals surface area (Å²) < 4.78 is 5.90. The van der Waals surface area contributed by atoms with Crippen LogP contribution < -0.4 is 15.4 Å². The van der Waals surface area contributed by atoms with Gasteiger partial charge in [0.05, 0.1) is 18.3 Å². The van der Waals surface area contributed by atoms with Crippen LogP contribution in [0.25, 0.3) is 0 Å². The van der Waals surface area contributed by atoms with Gasteiger partial charge in [-0.15, -0.1) is 0 Å². The molecule has 2 aliphatic heterocycles. The number of primary amides is 1. The predicted molar refractivity (Wildman–Crippen MR) is 76.4 cm³/mol. The van der Waals surface area contributed by atoms with Crippen LogP contribution in [0.5, 0.6) is 5.75 Å². The number of hydrogen-bond acceptors (Lipinski definition) is 3. The molecule has 6 heteroatoms. The summed E-state index contributed by atoms with van der Waals surface area (Å²) >= 11 is 5.38. The molecule has 0 bridgehead atoms. The second kappa shape index (κ2) is 4.09. The Kier molecular flexibility index (Phi) is 2.63. The maximum absolute atomic E-state index is 11.4. The molecule has 1 saturated heterocycles. The monoisotopic (exact) mass is 277 g/mol. The van der Waals surface area contributed by atoms with E-state index in [-0.39, 0.29) is 12.1 Å². The molecule has 1 aromatic carbocycles. The molecule has 0 radical (unpaired) electrons. The fourth-order valence-electron chi connectivity index (χ4n) is 2.64. The van der Waals surface area contributed by atoms with Crippen LogP contribution in [-0.4, -0.2) is 34.7 Å². The zero-order chi connectivity index (χ0) is 13.7. The van der Waals surface area contributed by atoms with Crippen molar-refractivity contribution in [2.24, 2.45) is 5.73 Å². The Morgan fingerprint density at radius 2 is 2.26 bits per heavy atom. The first kappa shape index (κ1) is 12.2. The highest BCUT2D eigenvalue weighted by Crippen LogP contribution is 2.40. The Balaban J connectivity index is 2.09. The SMILES string of the molecule is Cc1ccc2c(c1)N1C(=S)N(C(N)=O)CC1C(C)O2. The van der Waals surface area contributed by atoms with Crippen molar-refractivity contribution in [2.45, 2.75) is 26.0 Å². The van der Waals surface area contributed by atoms with E-state index in [1.54, 1.807) is 0 Å². The van der Waals surface area contributed by atoms with Gasteiger partial charge in [0.2, 0.25) is 0 Å². The lowest BCUT2D eigenvalue weighted by atomic mass is 10.1. The molecule has 0 spiro atoms. The number of fused-ring (bicyclic) bond motifs is 3. The molecular formula is C13H15N3O2S. The largest absolute Gasteiger partial charge is 0.486 e. The van der Waals surface area contributed by atoms with E-state index < -0.39 is 6.03 Å². The average Bonchev–Trinajstić information content (AvgIpc) is 2.69. The second-order valence-electron chi connectivity index (χ2n) is 4.96. The zero-order valence-corrected chi connectivity index (χ0v) is 11.6. The van der Waals surface area contributed by atoms with Crippen molar-refractivity contribution in [2.75, 3.05) is 11.4 Å². The van der Waals surface area contributed by atoms with E-state index in [0.717, 1.165) is 17.0 Å². The normalized spacial score (nSPS) is 24.8. The lowest BCUT2D eigenvalue weighted by Gasteiger charge is -2.36. The molecular weight excluding hydrogens is 262 g/mol. The van der Waals surface area contributed by atoms with Crippen molar-refractivity contribution in [3.05, 3.63) is 23.8 Å². The van der Waals surface area contributed by atoms with Crippen molar-refractivity contribution in [3.63, 3.8) is 0 Å². The average molecular weight is 277 g/mol. The number of nitrogens with two attached hydrogens (primary N) is 1. The summed E-state index contributed by atoms with van der Waals surface area (Å²) in [4.78, 5) is 14.8. The maximum Gasteiger partial charge on any atom is 0.321 e. The van der Waals surface area contributed by atoms with Crippen molar-refractivity contribution in [3.8, 4) is 5.75 Å². The smallest absolute Gasteiger partial charge is 0.321 e. The standard InChI is InChI=1S/C13H15N3O2S/c1-7-3-4-11-9(5-7)16-10(8(2)18-11)6-15(12(14)17)13(16)19/h3-5,8,10H,6H2,1-2H3,(H2,14,17). The zero-order valence-electron chi connectivity index (χ0n) is 10.8. The van der Waals surface area contributed by atoms with Gasteiger partial charge in [-0.25, -0.2) is 4.79 Å². The number of carbonyl (C=O) groups excluding carboxylic acids is 1. The lowest BCUT2D eigenvalue weighted by molar-refractivity contribution is 0.175. The van der Waals surface area contributed by atoms with Crippen LogP contribution in [0.1, 0.15) is 12.5 Å². The van der Waals surface area contributed by atoms with Gasteiger partial charge in [-0.2, -0.15) is 0 Å². The number of rotatable bonds is 0. The van der Waals surface area contributed by atoms with Crippen LogP contribution in [0.15, 0.2) is 18.2 Å². The van der Waals surface area contributed by atoms with Gasteiger partial charge >= 0.3 is 6.03 Å².